The van der Waals surface area contributed by atoms with Gasteiger partial charge in [-0.15, -0.1) is 5.06 Å². The van der Waals surface area contributed by atoms with E-state index in [4.69, 9.17) is 4.55 Å². The first-order valence-electron chi connectivity index (χ1n) is 10.7. The van der Waals surface area contributed by atoms with Gasteiger partial charge >= 0.3 is 5.97 Å². The maximum Gasteiger partial charge on any atom is 0.334 e. The Kier molecular flexibility index (Phi) is 11.7. The van der Waals surface area contributed by atoms with E-state index in [9.17, 15) is 37.2 Å². The van der Waals surface area contributed by atoms with Crippen LogP contribution < -0.4 is 16.0 Å². The minimum atomic E-state index is -4.83. The predicted octanol–water partition coefficient (Wildman–Crippen LogP) is -2.68. The standard InChI is InChI=1S/C19H31N5O10S/c1-12(25)20-8-5-4-6-13(23(2)3)18(29)22-11-15(26)21-9-7-17(28)34-24-16(27)10-14(19(24)30)35(31,32)33/h13-14H,4-11H2,1-3H3,(H,20,25)(H,21,26)(H,22,29)(H,31,32,33). The van der Waals surface area contributed by atoms with Gasteiger partial charge in [0.1, 0.15) is 0 Å². The van der Waals surface area contributed by atoms with Crippen molar-refractivity contribution in [2.45, 2.75) is 50.3 Å². The number of imide groups is 1. The molecule has 0 aromatic carbocycles. The van der Waals surface area contributed by atoms with Gasteiger partial charge < -0.3 is 20.8 Å². The monoisotopic (exact) mass is 521 g/mol. The van der Waals surface area contributed by atoms with Crippen molar-refractivity contribution in [1.82, 2.24) is 25.9 Å². The van der Waals surface area contributed by atoms with Crippen molar-refractivity contribution >= 4 is 45.6 Å². The zero-order valence-corrected chi connectivity index (χ0v) is 20.6. The van der Waals surface area contributed by atoms with Gasteiger partial charge in [-0.3, -0.25) is 33.4 Å². The van der Waals surface area contributed by atoms with Crippen LogP contribution in [0.4, 0.5) is 0 Å². The fourth-order valence-electron chi connectivity index (χ4n) is 3.06. The number of likely N-dealkylation sites (N-methyl/N-ethyl adjacent to an activating group) is 1. The molecule has 1 aliphatic rings. The van der Waals surface area contributed by atoms with Crippen molar-refractivity contribution in [3.05, 3.63) is 0 Å². The molecule has 5 amide bonds. The molecule has 0 radical (unpaired) electrons. The molecule has 0 aromatic heterocycles. The van der Waals surface area contributed by atoms with Crippen LogP contribution in [0.2, 0.25) is 0 Å². The highest BCUT2D eigenvalue weighted by Crippen LogP contribution is 2.19. The molecular weight excluding hydrogens is 490 g/mol. The summed E-state index contributed by atoms with van der Waals surface area (Å²) in [7, 11) is -1.39. The van der Waals surface area contributed by atoms with Gasteiger partial charge in [-0.05, 0) is 33.4 Å². The zero-order chi connectivity index (χ0) is 26.8. The van der Waals surface area contributed by atoms with Crippen LogP contribution >= 0.6 is 0 Å². The number of nitrogens with zero attached hydrogens (tertiary/aromatic N) is 2. The second kappa shape index (κ2) is 13.7. The van der Waals surface area contributed by atoms with Gasteiger partial charge in [-0.1, -0.05) is 0 Å². The van der Waals surface area contributed by atoms with Crippen molar-refractivity contribution in [2.24, 2.45) is 0 Å². The van der Waals surface area contributed by atoms with E-state index in [-0.39, 0.29) is 30.0 Å². The molecule has 0 aliphatic carbocycles. The van der Waals surface area contributed by atoms with Crippen LogP contribution in [0.3, 0.4) is 0 Å². The average Bonchev–Trinajstić information content (AvgIpc) is 3.02. The molecule has 4 N–H and O–H groups in total. The molecule has 2 unspecified atom stereocenters. The van der Waals surface area contributed by atoms with Crippen LogP contribution in [-0.2, 0) is 43.7 Å². The molecule has 0 saturated carbocycles. The molecule has 2 atom stereocenters. The summed E-state index contributed by atoms with van der Waals surface area (Å²) >= 11 is 0. The van der Waals surface area contributed by atoms with Gasteiger partial charge in [0.15, 0.2) is 5.25 Å². The summed E-state index contributed by atoms with van der Waals surface area (Å²) in [5.41, 5.74) is 0. The van der Waals surface area contributed by atoms with E-state index in [1.807, 2.05) is 0 Å². The second-order valence-corrected chi connectivity index (χ2v) is 9.57. The Hall–Kier alpha value is -3.11. The SMILES string of the molecule is CC(=O)NCCCCC(C(=O)NCC(=O)NCCC(=O)ON1C(=O)CC(S(=O)(=O)O)C1=O)N(C)C. The summed E-state index contributed by atoms with van der Waals surface area (Å²) in [6.45, 7) is 1.32. The normalized spacial score (nSPS) is 16.7. The zero-order valence-electron chi connectivity index (χ0n) is 19.7. The van der Waals surface area contributed by atoms with Crippen molar-refractivity contribution in [2.75, 3.05) is 33.7 Å². The summed E-state index contributed by atoms with van der Waals surface area (Å²) in [6.07, 6.45) is 0.571. The fourth-order valence-corrected chi connectivity index (χ4v) is 3.76. The Morgan fingerprint density at radius 3 is 2.31 bits per heavy atom. The topological polar surface area (TPSA) is 209 Å². The lowest BCUT2D eigenvalue weighted by atomic mass is 10.1. The molecule has 1 fully saturated rings. The third-order valence-corrected chi connectivity index (χ3v) is 5.98. The highest BCUT2D eigenvalue weighted by molar-refractivity contribution is 7.87. The molecule has 15 nitrogen and oxygen atoms in total. The van der Waals surface area contributed by atoms with E-state index < -0.39 is 57.9 Å². The minimum absolute atomic E-state index is 0.0274. The Balaban J connectivity index is 2.36. The molecule has 0 spiro atoms. The molecule has 1 rings (SSSR count). The van der Waals surface area contributed by atoms with Crippen LogP contribution in [0.1, 0.15) is 39.0 Å². The number of hydrogen-bond donors (Lipinski definition) is 4. The third kappa shape index (κ3) is 10.4. The number of carbonyl (C=O) groups excluding carboxylic acids is 6. The third-order valence-electron chi connectivity index (χ3n) is 4.89. The van der Waals surface area contributed by atoms with E-state index in [1.54, 1.807) is 19.0 Å². The lowest BCUT2D eigenvalue weighted by molar-refractivity contribution is -0.197. The predicted molar refractivity (Wildman–Crippen MR) is 119 cm³/mol. The van der Waals surface area contributed by atoms with Gasteiger partial charge in [0, 0.05) is 20.0 Å². The lowest BCUT2D eigenvalue weighted by Crippen LogP contribution is -2.47. The highest BCUT2D eigenvalue weighted by atomic mass is 32.2. The number of unbranched alkanes of at least 4 members (excludes halogenated alkanes) is 1. The minimum Gasteiger partial charge on any atom is -0.356 e. The van der Waals surface area contributed by atoms with E-state index in [1.165, 1.54) is 6.92 Å². The van der Waals surface area contributed by atoms with Crippen molar-refractivity contribution in [3.63, 3.8) is 0 Å². The quantitative estimate of drug-likeness (QED) is 0.105. The number of rotatable bonds is 14. The van der Waals surface area contributed by atoms with Crippen LogP contribution in [-0.4, -0.2) is 103 Å². The summed E-state index contributed by atoms with van der Waals surface area (Å²) in [5.74, 6) is -4.70. The van der Waals surface area contributed by atoms with E-state index in [0.29, 0.717) is 25.8 Å². The van der Waals surface area contributed by atoms with E-state index >= 15 is 0 Å². The van der Waals surface area contributed by atoms with E-state index in [2.05, 4.69) is 20.8 Å². The Morgan fingerprint density at radius 1 is 1.11 bits per heavy atom. The summed E-state index contributed by atoms with van der Waals surface area (Å²) in [6, 6.07) is -0.489. The van der Waals surface area contributed by atoms with Gasteiger partial charge in [0.05, 0.1) is 25.4 Å². The molecule has 0 bridgehead atoms. The summed E-state index contributed by atoms with van der Waals surface area (Å²) in [5, 5.41) is 5.46. The smallest absolute Gasteiger partial charge is 0.334 e. The Labute approximate surface area is 202 Å². The van der Waals surface area contributed by atoms with Crippen LogP contribution in [0.15, 0.2) is 0 Å². The van der Waals surface area contributed by atoms with Gasteiger partial charge in [0.25, 0.3) is 21.9 Å². The van der Waals surface area contributed by atoms with Gasteiger partial charge in [-0.2, -0.15) is 8.42 Å². The molecule has 1 saturated heterocycles. The fraction of sp³-hybridized carbons (Fsp3) is 0.684. The lowest BCUT2D eigenvalue weighted by Gasteiger charge is -2.23. The molecule has 1 aliphatic heterocycles. The van der Waals surface area contributed by atoms with Crippen molar-refractivity contribution in [1.29, 1.82) is 0 Å². The number of hydrogen-bond acceptors (Lipinski definition) is 10. The van der Waals surface area contributed by atoms with Gasteiger partial charge in [0.2, 0.25) is 17.7 Å². The molecule has 198 valence electrons. The summed E-state index contributed by atoms with van der Waals surface area (Å²) in [4.78, 5) is 76.7. The molecular formula is C19H31N5O10S. The maximum atomic E-state index is 12.4. The highest BCUT2D eigenvalue weighted by Gasteiger charge is 2.48. The first-order chi connectivity index (χ1) is 16.2. The number of amides is 5. The van der Waals surface area contributed by atoms with Crippen molar-refractivity contribution < 1.29 is 46.6 Å². The number of hydroxylamine groups is 2. The molecule has 1 heterocycles. The first kappa shape index (κ1) is 29.9. The Bertz CT molecular complexity index is 936. The van der Waals surface area contributed by atoms with Crippen LogP contribution in [0, 0.1) is 0 Å². The maximum absolute atomic E-state index is 12.4. The number of nitrogens with one attached hydrogen (secondary N) is 3. The molecule has 35 heavy (non-hydrogen) atoms. The second-order valence-electron chi connectivity index (χ2n) is 7.97. The number of carbonyl (C=O) groups is 6. The van der Waals surface area contributed by atoms with Crippen LogP contribution in [0.5, 0.6) is 0 Å². The first-order valence-corrected chi connectivity index (χ1v) is 12.2. The largest absolute Gasteiger partial charge is 0.356 e. The summed E-state index contributed by atoms with van der Waals surface area (Å²) < 4.78 is 31.1. The molecule has 0 aromatic rings. The average molecular weight is 522 g/mol. The van der Waals surface area contributed by atoms with Crippen LogP contribution in [0.25, 0.3) is 0 Å². The van der Waals surface area contributed by atoms with E-state index in [0.717, 1.165) is 0 Å². The van der Waals surface area contributed by atoms with Crippen molar-refractivity contribution in [3.8, 4) is 0 Å². The Morgan fingerprint density at radius 2 is 1.77 bits per heavy atom. The van der Waals surface area contributed by atoms with Gasteiger partial charge in [-0.25, -0.2) is 4.79 Å². The molecule has 16 heteroatoms.